The standard InChI is InChI=1S/C10H8Cl3N3/c1-6-2-3-7(12)10(9(6)13)16-5-14-15-8(16)4-11/h2-3,5H,4H2,1H3. The van der Waals surface area contributed by atoms with Crippen molar-refractivity contribution >= 4 is 34.8 Å². The number of alkyl halides is 1. The maximum absolute atomic E-state index is 6.21. The summed E-state index contributed by atoms with van der Waals surface area (Å²) in [5.41, 5.74) is 1.61. The molecule has 1 aromatic carbocycles. The van der Waals surface area contributed by atoms with Crippen molar-refractivity contribution in [2.75, 3.05) is 0 Å². The normalized spacial score (nSPS) is 10.8. The van der Waals surface area contributed by atoms with Crippen molar-refractivity contribution in [3.8, 4) is 5.69 Å². The van der Waals surface area contributed by atoms with E-state index < -0.39 is 0 Å². The molecule has 0 saturated heterocycles. The van der Waals surface area contributed by atoms with Crippen LogP contribution in [0.4, 0.5) is 0 Å². The average Bonchev–Trinajstić information content (AvgIpc) is 2.72. The highest BCUT2D eigenvalue weighted by Gasteiger charge is 2.14. The van der Waals surface area contributed by atoms with Crippen LogP contribution in [0.15, 0.2) is 18.5 Å². The van der Waals surface area contributed by atoms with E-state index in [1.165, 1.54) is 0 Å². The van der Waals surface area contributed by atoms with Crippen LogP contribution in [0.1, 0.15) is 11.4 Å². The first kappa shape index (κ1) is 11.7. The summed E-state index contributed by atoms with van der Waals surface area (Å²) in [5.74, 6) is 0.858. The SMILES string of the molecule is Cc1ccc(Cl)c(-n2cnnc2CCl)c1Cl. The summed E-state index contributed by atoms with van der Waals surface area (Å²) < 4.78 is 1.70. The van der Waals surface area contributed by atoms with Crippen LogP contribution in [0.3, 0.4) is 0 Å². The van der Waals surface area contributed by atoms with Crippen molar-refractivity contribution in [2.24, 2.45) is 0 Å². The number of aryl methyl sites for hydroxylation is 1. The highest BCUT2D eigenvalue weighted by atomic mass is 35.5. The maximum Gasteiger partial charge on any atom is 0.152 e. The van der Waals surface area contributed by atoms with Gasteiger partial charge in [0.15, 0.2) is 5.82 Å². The van der Waals surface area contributed by atoms with Crippen LogP contribution < -0.4 is 0 Å². The molecule has 0 aliphatic heterocycles. The number of aromatic nitrogens is 3. The van der Waals surface area contributed by atoms with Crippen LogP contribution in [0.5, 0.6) is 0 Å². The van der Waals surface area contributed by atoms with Gasteiger partial charge in [-0.3, -0.25) is 4.57 Å². The molecular formula is C10H8Cl3N3. The number of hydrogen-bond acceptors (Lipinski definition) is 2. The van der Waals surface area contributed by atoms with Gasteiger partial charge in [0.2, 0.25) is 0 Å². The Labute approximate surface area is 108 Å². The third kappa shape index (κ3) is 1.90. The van der Waals surface area contributed by atoms with Crippen LogP contribution in [0.2, 0.25) is 10.0 Å². The van der Waals surface area contributed by atoms with Crippen LogP contribution in [-0.2, 0) is 5.88 Å². The molecule has 3 nitrogen and oxygen atoms in total. The van der Waals surface area contributed by atoms with Crippen molar-refractivity contribution in [1.82, 2.24) is 14.8 Å². The van der Waals surface area contributed by atoms with Gasteiger partial charge in [-0.15, -0.1) is 21.8 Å². The highest BCUT2D eigenvalue weighted by molar-refractivity contribution is 6.38. The van der Waals surface area contributed by atoms with Gasteiger partial charge < -0.3 is 0 Å². The Kier molecular flexibility index (Phi) is 3.38. The van der Waals surface area contributed by atoms with Crippen molar-refractivity contribution in [1.29, 1.82) is 0 Å². The van der Waals surface area contributed by atoms with Gasteiger partial charge in [0.25, 0.3) is 0 Å². The molecule has 0 unspecified atom stereocenters. The van der Waals surface area contributed by atoms with E-state index in [0.717, 1.165) is 5.56 Å². The van der Waals surface area contributed by atoms with Gasteiger partial charge in [0.05, 0.1) is 21.6 Å². The molecule has 2 rings (SSSR count). The first-order valence-electron chi connectivity index (χ1n) is 4.55. The second-order valence-corrected chi connectivity index (χ2v) is 4.33. The van der Waals surface area contributed by atoms with Crippen molar-refractivity contribution < 1.29 is 0 Å². The summed E-state index contributed by atoms with van der Waals surface area (Å²) in [6.07, 6.45) is 1.55. The van der Waals surface area contributed by atoms with Gasteiger partial charge in [-0.1, -0.05) is 29.3 Å². The second-order valence-electron chi connectivity index (χ2n) is 3.28. The summed E-state index contributed by atoms with van der Waals surface area (Å²) in [4.78, 5) is 0. The Morgan fingerprint density at radius 1 is 1.31 bits per heavy atom. The molecule has 84 valence electrons. The molecule has 6 heteroatoms. The van der Waals surface area contributed by atoms with Crippen molar-refractivity contribution in [3.63, 3.8) is 0 Å². The summed E-state index contributed by atoms with van der Waals surface area (Å²) in [6.45, 7) is 1.91. The van der Waals surface area contributed by atoms with E-state index in [9.17, 15) is 0 Å². The van der Waals surface area contributed by atoms with Crippen molar-refractivity contribution in [3.05, 3.63) is 39.9 Å². The molecular weight excluding hydrogens is 268 g/mol. The average molecular weight is 277 g/mol. The fraction of sp³-hybridized carbons (Fsp3) is 0.200. The third-order valence-corrected chi connectivity index (χ3v) is 3.26. The topological polar surface area (TPSA) is 30.7 Å². The van der Waals surface area contributed by atoms with Crippen LogP contribution in [-0.4, -0.2) is 14.8 Å². The zero-order valence-corrected chi connectivity index (χ0v) is 10.7. The summed E-state index contributed by atoms with van der Waals surface area (Å²) >= 11 is 18.1. The number of halogens is 3. The number of nitrogens with zero attached hydrogens (tertiary/aromatic N) is 3. The molecule has 16 heavy (non-hydrogen) atoms. The van der Waals surface area contributed by atoms with Crippen molar-refractivity contribution in [2.45, 2.75) is 12.8 Å². The zero-order chi connectivity index (χ0) is 11.7. The number of rotatable bonds is 2. The van der Waals surface area contributed by atoms with E-state index >= 15 is 0 Å². The molecule has 0 aliphatic rings. The first-order valence-corrected chi connectivity index (χ1v) is 5.84. The van der Waals surface area contributed by atoms with Gasteiger partial charge in [-0.25, -0.2) is 0 Å². The predicted octanol–water partition coefficient (Wildman–Crippen LogP) is 3.62. The predicted molar refractivity (Wildman–Crippen MR) is 65.7 cm³/mol. The lowest BCUT2D eigenvalue weighted by Gasteiger charge is -2.11. The molecule has 1 heterocycles. The number of hydrogen-bond donors (Lipinski definition) is 0. The summed E-state index contributed by atoms with van der Waals surface area (Å²) in [5, 5.41) is 8.80. The highest BCUT2D eigenvalue weighted by Crippen LogP contribution is 2.31. The van der Waals surface area contributed by atoms with E-state index in [2.05, 4.69) is 10.2 Å². The minimum atomic E-state index is 0.251. The molecule has 0 bridgehead atoms. The largest absolute Gasteiger partial charge is 0.282 e. The zero-order valence-electron chi connectivity index (χ0n) is 8.41. The monoisotopic (exact) mass is 275 g/mol. The molecule has 0 amide bonds. The minimum absolute atomic E-state index is 0.251. The molecule has 2 aromatic rings. The fourth-order valence-corrected chi connectivity index (χ4v) is 2.13. The fourth-order valence-electron chi connectivity index (χ4n) is 1.40. The van der Waals surface area contributed by atoms with E-state index in [4.69, 9.17) is 34.8 Å². The first-order chi connectivity index (χ1) is 7.65. The van der Waals surface area contributed by atoms with Gasteiger partial charge in [-0.05, 0) is 18.6 Å². The second kappa shape index (κ2) is 4.62. The van der Waals surface area contributed by atoms with E-state index in [-0.39, 0.29) is 5.88 Å². The lowest BCUT2D eigenvalue weighted by Crippen LogP contribution is -2.00. The van der Waals surface area contributed by atoms with Crippen LogP contribution >= 0.6 is 34.8 Å². The molecule has 0 fully saturated rings. The smallest absolute Gasteiger partial charge is 0.152 e. The van der Waals surface area contributed by atoms with Gasteiger partial charge in [-0.2, -0.15) is 0 Å². The quantitative estimate of drug-likeness (QED) is 0.784. The molecule has 0 aliphatic carbocycles. The van der Waals surface area contributed by atoms with Gasteiger partial charge >= 0.3 is 0 Å². The number of benzene rings is 1. The van der Waals surface area contributed by atoms with Crippen LogP contribution in [0.25, 0.3) is 5.69 Å². The van der Waals surface area contributed by atoms with Gasteiger partial charge in [0, 0.05) is 0 Å². The Morgan fingerprint density at radius 2 is 2.06 bits per heavy atom. The molecule has 0 N–H and O–H groups in total. The lowest BCUT2D eigenvalue weighted by molar-refractivity contribution is 0.950. The Balaban J connectivity index is 2.68. The molecule has 0 saturated carbocycles. The summed E-state index contributed by atoms with van der Waals surface area (Å²) in [7, 11) is 0. The molecule has 0 radical (unpaired) electrons. The van der Waals surface area contributed by atoms with E-state index in [0.29, 0.717) is 21.6 Å². The molecule has 0 spiro atoms. The molecule has 0 atom stereocenters. The Bertz CT molecular complexity index is 522. The third-order valence-electron chi connectivity index (χ3n) is 2.24. The Hall–Kier alpha value is -0.770. The van der Waals surface area contributed by atoms with E-state index in [1.54, 1.807) is 17.0 Å². The minimum Gasteiger partial charge on any atom is -0.282 e. The van der Waals surface area contributed by atoms with E-state index in [1.807, 2.05) is 13.0 Å². The maximum atomic E-state index is 6.21. The molecule has 1 aromatic heterocycles. The lowest BCUT2D eigenvalue weighted by atomic mass is 10.2. The van der Waals surface area contributed by atoms with Crippen LogP contribution in [0, 0.1) is 6.92 Å². The summed E-state index contributed by atoms with van der Waals surface area (Å²) in [6, 6.07) is 3.65. The Morgan fingerprint density at radius 3 is 2.75 bits per heavy atom. The van der Waals surface area contributed by atoms with Gasteiger partial charge in [0.1, 0.15) is 6.33 Å².